The fourth-order valence-corrected chi connectivity index (χ4v) is 2.08. The normalized spacial score (nSPS) is 11.1. The third kappa shape index (κ3) is 2.13. The fourth-order valence-electron chi connectivity index (χ4n) is 1.91. The molecule has 102 valence electrons. The highest BCUT2D eigenvalue weighted by Gasteiger charge is 2.14. The number of hydrogen-bond donors (Lipinski definition) is 0. The van der Waals surface area contributed by atoms with Gasteiger partial charge < -0.3 is 8.92 Å². The maximum absolute atomic E-state index is 5.94. The van der Waals surface area contributed by atoms with Gasteiger partial charge in [0.2, 0.25) is 5.82 Å². The Morgan fingerprint density at radius 3 is 2.86 bits per heavy atom. The lowest BCUT2D eigenvalue weighted by Gasteiger charge is -1.91. The van der Waals surface area contributed by atoms with Crippen molar-refractivity contribution in [2.45, 2.75) is 0 Å². The molecule has 0 unspecified atom stereocenters. The molecule has 4 aromatic rings. The van der Waals surface area contributed by atoms with E-state index < -0.39 is 0 Å². The van der Waals surface area contributed by atoms with E-state index in [1.165, 1.54) is 0 Å². The molecule has 0 N–H and O–H groups in total. The molecule has 0 saturated carbocycles. The number of halogens is 1. The van der Waals surface area contributed by atoms with Crippen LogP contribution in [0.2, 0.25) is 5.02 Å². The first kappa shape index (κ1) is 12.0. The molecule has 0 bridgehead atoms. The SMILES string of the molecule is Clc1ccc2nc(-c3nc(-c4cnccn4)no3)cn2c1. The molecule has 0 spiro atoms. The molecule has 7 nitrogen and oxygen atoms in total. The van der Waals surface area contributed by atoms with Crippen molar-refractivity contribution in [1.82, 2.24) is 29.5 Å². The molecule has 0 amide bonds. The predicted octanol–water partition coefficient (Wildman–Crippen LogP) is 2.49. The van der Waals surface area contributed by atoms with E-state index in [1.54, 1.807) is 41.5 Å². The van der Waals surface area contributed by atoms with E-state index in [0.29, 0.717) is 28.1 Å². The first-order valence-electron chi connectivity index (χ1n) is 6.04. The molecule has 0 aromatic carbocycles. The van der Waals surface area contributed by atoms with Crippen LogP contribution in [0.1, 0.15) is 0 Å². The number of aromatic nitrogens is 6. The van der Waals surface area contributed by atoms with Crippen molar-refractivity contribution in [3.8, 4) is 23.1 Å². The molecule has 21 heavy (non-hydrogen) atoms. The predicted molar refractivity (Wildman–Crippen MR) is 74.5 cm³/mol. The standard InChI is InChI=1S/C13H7ClN6O/c14-8-1-2-11-17-10(7-20(11)6-8)13-18-12(19-21-13)9-5-15-3-4-16-9/h1-7H. The van der Waals surface area contributed by atoms with Crippen molar-refractivity contribution in [3.05, 3.63) is 48.1 Å². The summed E-state index contributed by atoms with van der Waals surface area (Å²) in [5, 5.41) is 4.51. The van der Waals surface area contributed by atoms with Gasteiger partial charge in [0.25, 0.3) is 5.89 Å². The quantitative estimate of drug-likeness (QED) is 0.565. The van der Waals surface area contributed by atoms with Crippen molar-refractivity contribution < 1.29 is 4.52 Å². The van der Waals surface area contributed by atoms with E-state index in [4.69, 9.17) is 16.1 Å². The maximum atomic E-state index is 5.94. The van der Waals surface area contributed by atoms with Gasteiger partial charge in [0.15, 0.2) is 0 Å². The van der Waals surface area contributed by atoms with E-state index >= 15 is 0 Å². The topological polar surface area (TPSA) is 82.0 Å². The van der Waals surface area contributed by atoms with Crippen LogP contribution in [-0.4, -0.2) is 29.5 Å². The smallest absolute Gasteiger partial charge is 0.278 e. The lowest BCUT2D eigenvalue weighted by Crippen LogP contribution is -1.86. The summed E-state index contributed by atoms with van der Waals surface area (Å²) in [5.41, 5.74) is 1.85. The Labute approximate surface area is 123 Å². The molecule has 4 aromatic heterocycles. The molecule has 0 radical (unpaired) electrons. The van der Waals surface area contributed by atoms with Gasteiger partial charge in [-0.3, -0.25) is 4.98 Å². The Bertz CT molecular complexity index is 917. The van der Waals surface area contributed by atoms with Gasteiger partial charge >= 0.3 is 0 Å². The molecule has 4 heterocycles. The van der Waals surface area contributed by atoms with Crippen LogP contribution in [-0.2, 0) is 0 Å². The van der Waals surface area contributed by atoms with Gasteiger partial charge in [-0.05, 0) is 12.1 Å². The minimum atomic E-state index is 0.315. The van der Waals surface area contributed by atoms with Crippen LogP contribution < -0.4 is 0 Å². The molecule has 0 fully saturated rings. The molecule has 0 saturated heterocycles. The summed E-state index contributed by atoms with van der Waals surface area (Å²) in [6, 6.07) is 3.58. The van der Waals surface area contributed by atoms with Gasteiger partial charge in [-0.1, -0.05) is 16.8 Å². The molecular formula is C13H7ClN6O. The van der Waals surface area contributed by atoms with Gasteiger partial charge in [0.1, 0.15) is 17.0 Å². The summed E-state index contributed by atoms with van der Waals surface area (Å²) < 4.78 is 7.02. The highest BCUT2D eigenvalue weighted by Crippen LogP contribution is 2.21. The van der Waals surface area contributed by atoms with Crippen LogP contribution in [0.5, 0.6) is 0 Å². The maximum Gasteiger partial charge on any atom is 0.278 e. The first-order chi connectivity index (χ1) is 10.3. The third-order valence-corrected chi connectivity index (χ3v) is 3.08. The Balaban J connectivity index is 1.77. The van der Waals surface area contributed by atoms with Crippen LogP contribution in [0.3, 0.4) is 0 Å². The summed E-state index contributed by atoms with van der Waals surface area (Å²) in [4.78, 5) is 16.8. The molecule has 0 aliphatic carbocycles. The van der Waals surface area contributed by atoms with Crippen LogP contribution in [0.15, 0.2) is 47.6 Å². The van der Waals surface area contributed by atoms with E-state index in [-0.39, 0.29) is 0 Å². The van der Waals surface area contributed by atoms with Gasteiger partial charge in [-0.15, -0.1) is 0 Å². The lowest BCUT2D eigenvalue weighted by molar-refractivity contribution is 0.431. The van der Waals surface area contributed by atoms with Gasteiger partial charge in [-0.2, -0.15) is 4.98 Å². The average molecular weight is 299 g/mol. The third-order valence-electron chi connectivity index (χ3n) is 2.85. The minimum absolute atomic E-state index is 0.315. The molecule has 0 atom stereocenters. The van der Waals surface area contributed by atoms with Gasteiger partial charge in [-0.25, -0.2) is 9.97 Å². The Morgan fingerprint density at radius 1 is 1.05 bits per heavy atom. The van der Waals surface area contributed by atoms with Crippen LogP contribution in [0.25, 0.3) is 28.8 Å². The zero-order chi connectivity index (χ0) is 14.2. The monoisotopic (exact) mass is 298 g/mol. The van der Waals surface area contributed by atoms with E-state index in [0.717, 1.165) is 5.65 Å². The summed E-state index contributed by atoms with van der Waals surface area (Å²) in [6.07, 6.45) is 8.25. The van der Waals surface area contributed by atoms with Gasteiger partial charge in [0, 0.05) is 24.8 Å². The largest absolute Gasteiger partial charge is 0.332 e. The zero-order valence-electron chi connectivity index (χ0n) is 10.5. The second kappa shape index (κ2) is 4.64. The number of fused-ring (bicyclic) bond motifs is 1. The minimum Gasteiger partial charge on any atom is -0.332 e. The number of imidazole rings is 1. The summed E-state index contributed by atoms with van der Waals surface area (Å²) in [6.45, 7) is 0. The van der Waals surface area contributed by atoms with Crippen molar-refractivity contribution in [1.29, 1.82) is 0 Å². The highest BCUT2D eigenvalue weighted by atomic mass is 35.5. The first-order valence-corrected chi connectivity index (χ1v) is 6.42. The van der Waals surface area contributed by atoms with Crippen molar-refractivity contribution in [2.24, 2.45) is 0 Å². The van der Waals surface area contributed by atoms with Crippen LogP contribution >= 0.6 is 11.6 Å². The van der Waals surface area contributed by atoms with Crippen LogP contribution in [0, 0.1) is 0 Å². The molecule has 8 heteroatoms. The Kier molecular flexibility index (Phi) is 2.65. The van der Waals surface area contributed by atoms with E-state index in [1.807, 2.05) is 6.07 Å². The summed E-state index contributed by atoms with van der Waals surface area (Å²) >= 11 is 5.94. The summed E-state index contributed by atoms with van der Waals surface area (Å²) in [5.74, 6) is 0.684. The zero-order valence-corrected chi connectivity index (χ0v) is 11.3. The fraction of sp³-hybridized carbons (Fsp3) is 0. The second-order valence-electron chi connectivity index (χ2n) is 4.25. The number of pyridine rings is 1. The van der Waals surface area contributed by atoms with Crippen molar-refractivity contribution >= 4 is 17.2 Å². The van der Waals surface area contributed by atoms with Crippen LogP contribution in [0.4, 0.5) is 0 Å². The second-order valence-corrected chi connectivity index (χ2v) is 4.69. The Morgan fingerprint density at radius 2 is 2.00 bits per heavy atom. The van der Waals surface area contributed by atoms with Crippen molar-refractivity contribution in [2.75, 3.05) is 0 Å². The number of rotatable bonds is 2. The highest BCUT2D eigenvalue weighted by molar-refractivity contribution is 6.30. The van der Waals surface area contributed by atoms with E-state index in [9.17, 15) is 0 Å². The van der Waals surface area contributed by atoms with Crippen molar-refractivity contribution in [3.63, 3.8) is 0 Å². The average Bonchev–Trinajstić information content (AvgIpc) is 3.14. The molecular weight excluding hydrogens is 292 g/mol. The number of nitrogens with zero attached hydrogens (tertiary/aromatic N) is 6. The molecule has 0 aliphatic heterocycles. The Hall–Kier alpha value is -2.80. The molecule has 4 rings (SSSR count). The lowest BCUT2D eigenvalue weighted by atomic mass is 10.4. The number of hydrogen-bond acceptors (Lipinski definition) is 6. The van der Waals surface area contributed by atoms with E-state index in [2.05, 4.69) is 25.1 Å². The summed E-state index contributed by atoms with van der Waals surface area (Å²) in [7, 11) is 0. The molecule has 0 aliphatic rings. The van der Waals surface area contributed by atoms with Gasteiger partial charge in [0.05, 0.1) is 11.2 Å².